The van der Waals surface area contributed by atoms with Crippen molar-refractivity contribution in [1.82, 2.24) is 4.90 Å². The summed E-state index contributed by atoms with van der Waals surface area (Å²) in [6.45, 7) is 4.11. The van der Waals surface area contributed by atoms with Gasteiger partial charge in [0, 0.05) is 15.1 Å². The monoisotopic (exact) mass is 457 g/mol. The smallest absolute Gasteiger partial charge is 0.255 e. The maximum absolute atomic E-state index is 12.7. The molecule has 21 heavy (non-hydrogen) atoms. The van der Waals surface area contributed by atoms with Gasteiger partial charge in [-0.05, 0) is 76.1 Å². The number of hydrogen-bond acceptors (Lipinski definition) is 1. The number of nitrogens with zero attached hydrogens (tertiary/aromatic N) is 1. The van der Waals surface area contributed by atoms with Gasteiger partial charge in [0.05, 0.1) is 11.6 Å². The van der Waals surface area contributed by atoms with Crippen LogP contribution in [0.5, 0.6) is 0 Å². The summed E-state index contributed by atoms with van der Waals surface area (Å²) in [6, 6.07) is 14.1. The number of halogens is 2. The summed E-state index contributed by atoms with van der Waals surface area (Å²) in [5, 5.41) is 0. The van der Waals surface area contributed by atoms with Crippen molar-refractivity contribution in [2.45, 2.75) is 19.9 Å². The van der Waals surface area contributed by atoms with Crippen LogP contribution in [0.1, 0.15) is 34.5 Å². The third kappa shape index (κ3) is 3.86. The minimum absolute atomic E-state index is 0.0217. The summed E-state index contributed by atoms with van der Waals surface area (Å²) in [5.74, 6) is 0.0217. The fraction of sp³-hybridized carbons (Fsp3) is 0.235. The molecule has 110 valence electrons. The SMILES string of the molecule is Cc1ccc(C(C)N(C)C(=O)c2cc(I)ccc2Br)cc1. The van der Waals surface area contributed by atoms with Crippen LogP contribution in [0, 0.1) is 10.5 Å². The second-order valence-electron chi connectivity index (χ2n) is 5.13. The van der Waals surface area contributed by atoms with Crippen molar-refractivity contribution in [3.05, 3.63) is 67.2 Å². The topological polar surface area (TPSA) is 20.3 Å². The molecule has 1 atom stereocenters. The van der Waals surface area contributed by atoms with E-state index < -0.39 is 0 Å². The average molecular weight is 458 g/mol. The third-order valence-electron chi connectivity index (χ3n) is 3.62. The number of amides is 1. The molecule has 0 radical (unpaired) electrons. The van der Waals surface area contributed by atoms with Gasteiger partial charge >= 0.3 is 0 Å². The van der Waals surface area contributed by atoms with E-state index in [-0.39, 0.29) is 11.9 Å². The molecular formula is C17H17BrINO. The predicted molar refractivity (Wildman–Crippen MR) is 98.5 cm³/mol. The molecule has 0 aliphatic heterocycles. The molecule has 2 aromatic carbocycles. The summed E-state index contributed by atoms with van der Waals surface area (Å²) in [6.07, 6.45) is 0. The zero-order valence-electron chi connectivity index (χ0n) is 12.2. The van der Waals surface area contributed by atoms with E-state index >= 15 is 0 Å². The lowest BCUT2D eigenvalue weighted by atomic mass is 10.0. The molecule has 0 aliphatic carbocycles. The maximum atomic E-state index is 12.7. The molecule has 1 unspecified atom stereocenters. The molecule has 0 N–H and O–H groups in total. The molecule has 0 fully saturated rings. The lowest BCUT2D eigenvalue weighted by molar-refractivity contribution is 0.0741. The van der Waals surface area contributed by atoms with E-state index in [0.29, 0.717) is 5.56 Å². The van der Waals surface area contributed by atoms with Crippen molar-refractivity contribution in [3.8, 4) is 0 Å². The molecule has 2 rings (SSSR count). The van der Waals surface area contributed by atoms with Gasteiger partial charge in [0.25, 0.3) is 5.91 Å². The molecule has 0 spiro atoms. The maximum Gasteiger partial charge on any atom is 0.255 e. The zero-order valence-corrected chi connectivity index (χ0v) is 16.0. The highest BCUT2D eigenvalue weighted by atomic mass is 127. The first-order chi connectivity index (χ1) is 9.90. The van der Waals surface area contributed by atoms with E-state index in [9.17, 15) is 4.79 Å². The number of carbonyl (C=O) groups excluding carboxylic acids is 1. The number of hydrogen-bond donors (Lipinski definition) is 0. The lowest BCUT2D eigenvalue weighted by Gasteiger charge is -2.26. The Morgan fingerprint density at radius 2 is 1.81 bits per heavy atom. The van der Waals surface area contributed by atoms with Crippen LogP contribution in [0.4, 0.5) is 0 Å². The largest absolute Gasteiger partial charge is 0.335 e. The van der Waals surface area contributed by atoms with Crippen molar-refractivity contribution in [3.63, 3.8) is 0 Å². The minimum atomic E-state index is 0.0217. The molecule has 0 aromatic heterocycles. The summed E-state index contributed by atoms with van der Waals surface area (Å²) in [7, 11) is 1.85. The second kappa shape index (κ2) is 6.92. The van der Waals surface area contributed by atoms with Crippen LogP contribution in [-0.2, 0) is 0 Å². The number of rotatable bonds is 3. The van der Waals surface area contributed by atoms with E-state index in [1.807, 2.05) is 32.2 Å². The molecular weight excluding hydrogens is 441 g/mol. The van der Waals surface area contributed by atoms with Crippen molar-refractivity contribution >= 4 is 44.4 Å². The highest BCUT2D eigenvalue weighted by Gasteiger charge is 2.20. The van der Waals surface area contributed by atoms with Crippen LogP contribution < -0.4 is 0 Å². The van der Waals surface area contributed by atoms with Crippen LogP contribution in [0.25, 0.3) is 0 Å². The first-order valence-electron chi connectivity index (χ1n) is 6.69. The lowest BCUT2D eigenvalue weighted by Crippen LogP contribution is -2.30. The summed E-state index contributed by atoms with van der Waals surface area (Å²) >= 11 is 5.68. The number of benzene rings is 2. The summed E-state index contributed by atoms with van der Waals surface area (Å²) in [5.41, 5.74) is 3.06. The molecule has 0 heterocycles. The molecule has 0 saturated carbocycles. The van der Waals surface area contributed by atoms with Gasteiger partial charge in [-0.15, -0.1) is 0 Å². The Morgan fingerprint density at radius 3 is 2.43 bits per heavy atom. The van der Waals surface area contributed by atoms with Gasteiger partial charge in [-0.3, -0.25) is 4.79 Å². The van der Waals surface area contributed by atoms with Crippen molar-refractivity contribution in [2.75, 3.05) is 7.05 Å². The van der Waals surface area contributed by atoms with Crippen LogP contribution >= 0.6 is 38.5 Å². The Kier molecular flexibility index (Phi) is 5.43. The average Bonchev–Trinajstić information content (AvgIpc) is 2.48. The van der Waals surface area contributed by atoms with Gasteiger partial charge < -0.3 is 4.90 Å². The first kappa shape index (κ1) is 16.5. The van der Waals surface area contributed by atoms with Crippen molar-refractivity contribution < 1.29 is 4.79 Å². The normalized spacial score (nSPS) is 12.0. The zero-order chi connectivity index (χ0) is 15.6. The van der Waals surface area contributed by atoms with Crippen molar-refractivity contribution in [2.24, 2.45) is 0 Å². The molecule has 2 aromatic rings. The minimum Gasteiger partial charge on any atom is -0.335 e. The fourth-order valence-corrected chi connectivity index (χ4v) is 3.00. The van der Waals surface area contributed by atoms with Gasteiger partial charge in [-0.1, -0.05) is 29.8 Å². The van der Waals surface area contributed by atoms with E-state index in [1.165, 1.54) is 5.56 Å². The van der Waals surface area contributed by atoms with Crippen LogP contribution in [0.3, 0.4) is 0 Å². The molecule has 4 heteroatoms. The van der Waals surface area contributed by atoms with E-state index in [1.54, 1.807) is 4.90 Å². The Labute approximate surface area is 147 Å². The van der Waals surface area contributed by atoms with Gasteiger partial charge in [-0.25, -0.2) is 0 Å². The van der Waals surface area contributed by atoms with E-state index in [2.05, 4.69) is 69.7 Å². The Bertz CT molecular complexity index is 654. The fourth-order valence-electron chi connectivity index (χ4n) is 2.10. The molecule has 0 saturated heterocycles. The predicted octanol–water partition coefficient (Wildman–Crippen LogP) is 5.20. The standard InChI is InChI=1S/C17H17BrINO/c1-11-4-6-13(7-5-11)12(2)20(3)17(21)15-10-14(19)8-9-16(15)18/h4-10,12H,1-3H3. The van der Waals surface area contributed by atoms with E-state index in [4.69, 9.17) is 0 Å². The quantitative estimate of drug-likeness (QED) is 0.580. The van der Waals surface area contributed by atoms with Gasteiger partial charge in [0.1, 0.15) is 0 Å². The third-order valence-corrected chi connectivity index (χ3v) is 4.98. The van der Waals surface area contributed by atoms with Crippen LogP contribution in [-0.4, -0.2) is 17.9 Å². The first-order valence-corrected chi connectivity index (χ1v) is 8.56. The number of carbonyl (C=O) groups is 1. The number of aryl methyl sites for hydroxylation is 1. The van der Waals surface area contributed by atoms with Gasteiger partial charge in [-0.2, -0.15) is 0 Å². The van der Waals surface area contributed by atoms with Crippen LogP contribution in [0.15, 0.2) is 46.9 Å². The second-order valence-corrected chi connectivity index (χ2v) is 7.23. The Hall–Kier alpha value is -0.880. The molecule has 2 nitrogen and oxygen atoms in total. The highest BCUT2D eigenvalue weighted by molar-refractivity contribution is 14.1. The highest BCUT2D eigenvalue weighted by Crippen LogP contribution is 2.25. The summed E-state index contributed by atoms with van der Waals surface area (Å²) < 4.78 is 1.88. The molecule has 0 aliphatic rings. The van der Waals surface area contributed by atoms with Gasteiger partial charge in [0.15, 0.2) is 0 Å². The molecule has 0 bridgehead atoms. The Balaban J connectivity index is 2.26. The summed E-state index contributed by atoms with van der Waals surface area (Å²) in [4.78, 5) is 14.5. The van der Waals surface area contributed by atoms with Crippen LogP contribution in [0.2, 0.25) is 0 Å². The van der Waals surface area contributed by atoms with Crippen molar-refractivity contribution in [1.29, 1.82) is 0 Å². The Morgan fingerprint density at radius 1 is 1.19 bits per heavy atom. The molecule has 1 amide bonds. The van der Waals surface area contributed by atoms with Gasteiger partial charge in [0.2, 0.25) is 0 Å². The van der Waals surface area contributed by atoms with E-state index in [0.717, 1.165) is 13.6 Å².